The van der Waals surface area contributed by atoms with Gasteiger partial charge in [0.05, 0.1) is 12.2 Å². The molecule has 2 rings (SSSR count). The fourth-order valence-corrected chi connectivity index (χ4v) is 1.33. The third kappa shape index (κ3) is 1.87. The van der Waals surface area contributed by atoms with Crippen LogP contribution in [0.4, 0.5) is 4.39 Å². The van der Waals surface area contributed by atoms with Crippen LogP contribution < -0.4 is 5.73 Å². The van der Waals surface area contributed by atoms with Gasteiger partial charge in [-0.15, -0.1) is 0 Å². The van der Waals surface area contributed by atoms with Crippen molar-refractivity contribution in [3.63, 3.8) is 0 Å². The van der Waals surface area contributed by atoms with Crippen LogP contribution in [0.3, 0.4) is 0 Å². The molecule has 0 aliphatic rings. The Kier molecular flexibility index (Phi) is 2.47. The Labute approximate surface area is 86.3 Å². The number of rotatable bonds is 2. The molecule has 0 fully saturated rings. The summed E-state index contributed by atoms with van der Waals surface area (Å²) in [5.41, 5.74) is 7.78. The van der Waals surface area contributed by atoms with E-state index in [1.54, 1.807) is 19.1 Å². The van der Waals surface area contributed by atoms with Crippen molar-refractivity contribution in [3.8, 4) is 0 Å². The van der Waals surface area contributed by atoms with Gasteiger partial charge in [0.1, 0.15) is 11.5 Å². The molecule has 4 nitrogen and oxygen atoms in total. The minimum absolute atomic E-state index is 0.258. The van der Waals surface area contributed by atoms with Crippen molar-refractivity contribution in [1.29, 1.82) is 0 Å². The maximum atomic E-state index is 13.3. The molecule has 3 N–H and O–H groups in total. The molecule has 1 atom stereocenters. The molecule has 1 unspecified atom stereocenters. The maximum Gasteiger partial charge on any atom is 0.126 e. The van der Waals surface area contributed by atoms with Gasteiger partial charge in [0, 0.05) is 0 Å². The number of aryl methyl sites for hydroxylation is 1. The first-order valence-corrected chi connectivity index (χ1v) is 4.56. The van der Waals surface area contributed by atoms with Crippen LogP contribution in [0.1, 0.15) is 22.9 Å². The number of hydrogen-bond donors (Lipinski definition) is 2. The number of benzene rings is 1. The maximum absolute atomic E-state index is 13.3. The van der Waals surface area contributed by atoms with Gasteiger partial charge in [0.25, 0.3) is 0 Å². The monoisotopic (exact) mass is 206 g/mol. The number of aromatic nitrogens is 3. The summed E-state index contributed by atoms with van der Waals surface area (Å²) in [5, 5.41) is 9.99. The smallest absolute Gasteiger partial charge is 0.126 e. The normalized spacial score (nSPS) is 12.7. The van der Waals surface area contributed by atoms with Crippen molar-refractivity contribution < 1.29 is 4.39 Å². The number of nitrogens with zero attached hydrogens (tertiary/aromatic N) is 2. The fraction of sp³-hybridized carbons (Fsp3) is 0.200. The van der Waals surface area contributed by atoms with Gasteiger partial charge in [0.15, 0.2) is 0 Å². The van der Waals surface area contributed by atoms with Gasteiger partial charge in [-0.05, 0) is 24.1 Å². The number of H-pyrrole nitrogens is 1. The first-order valence-electron chi connectivity index (χ1n) is 4.56. The molecular weight excluding hydrogens is 195 g/mol. The van der Waals surface area contributed by atoms with Gasteiger partial charge >= 0.3 is 0 Å². The highest BCUT2D eigenvalue weighted by Crippen LogP contribution is 2.19. The van der Waals surface area contributed by atoms with E-state index in [-0.39, 0.29) is 5.82 Å². The molecule has 0 bridgehead atoms. The highest BCUT2D eigenvalue weighted by Gasteiger charge is 2.12. The Morgan fingerprint density at radius 2 is 2.27 bits per heavy atom. The largest absolute Gasteiger partial charge is 0.319 e. The minimum atomic E-state index is -0.446. The van der Waals surface area contributed by atoms with Crippen LogP contribution in [0.15, 0.2) is 24.4 Å². The van der Waals surface area contributed by atoms with E-state index in [1.165, 1.54) is 12.3 Å². The van der Waals surface area contributed by atoms with Crippen molar-refractivity contribution in [2.45, 2.75) is 13.0 Å². The predicted molar refractivity (Wildman–Crippen MR) is 53.6 cm³/mol. The average Bonchev–Trinajstić information content (AvgIpc) is 2.74. The Balaban J connectivity index is 2.34. The summed E-state index contributed by atoms with van der Waals surface area (Å²) < 4.78 is 13.3. The first kappa shape index (κ1) is 9.79. The molecule has 1 aromatic carbocycles. The van der Waals surface area contributed by atoms with E-state index in [0.717, 1.165) is 0 Å². The molecule has 0 aliphatic heterocycles. The second-order valence-electron chi connectivity index (χ2n) is 3.38. The SMILES string of the molecule is Cc1ccc(C(N)c2cn[nH]n2)cc1F. The van der Waals surface area contributed by atoms with E-state index in [4.69, 9.17) is 5.73 Å². The van der Waals surface area contributed by atoms with Crippen LogP contribution in [0, 0.1) is 12.7 Å². The molecule has 0 spiro atoms. The second-order valence-corrected chi connectivity index (χ2v) is 3.38. The number of halogens is 1. The van der Waals surface area contributed by atoms with Crippen molar-refractivity contribution in [2.75, 3.05) is 0 Å². The van der Waals surface area contributed by atoms with Gasteiger partial charge in [0.2, 0.25) is 0 Å². The molecule has 0 amide bonds. The molecule has 0 aliphatic carbocycles. The van der Waals surface area contributed by atoms with E-state index in [0.29, 0.717) is 16.8 Å². The zero-order valence-corrected chi connectivity index (χ0v) is 8.24. The quantitative estimate of drug-likeness (QED) is 0.778. The number of nitrogens with one attached hydrogen (secondary N) is 1. The third-order valence-corrected chi connectivity index (χ3v) is 2.31. The van der Waals surface area contributed by atoms with E-state index in [2.05, 4.69) is 15.4 Å². The number of aromatic amines is 1. The summed E-state index contributed by atoms with van der Waals surface area (Å²) in [6.07, 6.45) is 1.53. The molecule has 1 aromatic heterocycles. The second kappa shape index (κ2) is 3.78. The molecule has 0 saturated carbocycles. The molecule has 0 radical (unpaired) electrons. The Hall–Kier alpha value is -1.75. The molecule has 78 valence electrons. The molecule has 5 heteroatoms. The first-order chi connectivity index (χ1) is 7.18. The van der Waals surface area contributed by atoms with Crippen molar-refractivity contribution in [3.05, 3.63) is 47.0 Å². The van der Waals surface area contributed by atoms with Crippen molar-refractivity contribution in [1.82, 2.24) is 15.4 Å². The zero-order chi connectivity index (χ0) is 10.8. The lowest BCUT2D eigenvalue weighted by Gasteiger charge is -2.09. The van der Waals surface area contributed by atoms with Crippen LogP contribution in [0.2, 0.25) is 0 Å². The van der Waals surface area contributed by atoms with Crippen LogP contribution in [0.5, 0.6) is 0 Å². The highest BCUT2D eigenvalue weighted by molar-refractivity contribution is 5.29. The lowest BCUT2D eigenvalue weighted by atomic mass is 10.0. The van der Waals surface area contributed by atoms with Gasteiger partial charge < -0.3 is 5.73 Å². The summed E-state index contributed by atoms with van der Waals surface area (Å²) in [4.78, 5) is 0. The van der Waals surface area contributed by atoms with Gasteiger partial charge in [-0.2, -0.15) is 15.4 Å². The summed E-state index contributed by atoms with van der Waals surface area (Å²) in [5.74, 6) is -0.258. The Morgan fingerprint density at radius 1 is 1.47 bits per heavy atom. The van der Waals surface area contributed by atoms with E-state index in [9.17, 15) is 4.39 Å². The number of nitrogens with two attached hydrogens (primary N) is 1. The molecular formula is C10H11FN4. The summed E-state index contributed by atoms with van der Waals surface area (Å²) >= 11 is 0. The van der Waals surface area contributed by atoms with Crippen LogP contribution in [-0.2, 0) is 0 Å². The van der Waals surface area contributed by atoms with Crippen LogP contribution in [0.25, 0.3) is 0 Å². The lowest BCUT2D eigenvalue weighted by Crippen LogP contribution is -2.12. The highest BCUT2D eigenvalue weighted by atomic mass is 19.1. The standard InChI is InChI=1S/C10H11FN4/c1-6-2-3-7(4-8(6)11)10(12)9-5-13-15-14-9/h2-5,10H,12H2,1H3,(H,13,14,15). The third-order valence-electron chi connectivity index (χ3n) is 2.31. The van der Waals surface area contributed by atoms with Crippen LogP contribution in [-0.4, -0.2) is 15.4 Å². The molecule has 0 saturated heterocycles. The molecule has 1 heterocycles. The number of hydrogen-bond acceptors (Lipinski definition) is 3. The van der Waals surface area contributed by atoms with Gasteiger partial charge in [-0.25, -0.2) is 4.39 Å². The van der Waals surface area contributed by atoms with E-state index in [1.807, 2.05) is 0 Å². The van der Waals surface area contributed by atoms with E-state index >= 15 is 0 Å². The fourth-order valence-electron chi connectivity index (χ4n) is 1.33. The van der Waals surface area contributed by atoms with Gasteiger partial charge in [-0.3, -0.25) is 0 Å². The Bertz CT molecular complexity index is 452. The minimum Gasteiger partial charge on any atom is -0.319 e. The zero-order valence-electron chi connectivity index (χ0n) is 8.24. The van der Waals surface area contributed by atoms with Crippen molar-refractivity contribution >= 4 is 0 Å². The summed E-state index contributed by atoms with van der Waals surface area (Å²) in [6, 6.07) is 4.47. The summed E-state index contributed by atoms with van der Waals surface area (Å²) in [7, 11) is 0. The lowest BCUT2D eigenvalue weighted by molar-refractivity contribution is 0.614. The Morgan fingerprint density at radius 3 is 2.87 bits per heavy atom. The topological polar surface area (TPSA) is 67.6 Å². The van der Waals surface area contributed by atoms with Crippen molar-refractivity contribution in [2.24, 2.45) is 5.73 Å². The summed E-state index contributed by atoms with van der Waals surface area (Å²) in [6.45, 7) is 1.71. The van der Waals surface area contributed by atoms with Crippen LogP contribution >= 0.6 is 0 Å². The van der Waals surface area contributed by atoms with Gasteiger partial charge in [-0.1, -0.05) is 12.1 Å². The predicted octanol–water partition coefficient (Wildman–Crippen LogP) is 1.30. The van der Waals surface area contributed by atoms with E-state index < -0.39 is 6.04 Å². The average molecular weight is 206 g/mol. The molecule has 15 heavy (non-hydrogen) atoms. The molecule has 2 aromatic rings.